The maximum absolute atomic E-state index is 10.8. The molecule has 0 aromatic heterocycles. The number of nitrogens with zero attached hydrogens (tertiary/aromatic N) is 1. The summed E-state index contributed by atoms with van der Waals surface area (Å²) in [6.07, 6.45) is 2.65. The lowest BCUT2D eigenvalue weighted by Gasteiger charge is -2.13. The van der Waals surface area contributed by atoms with Gasteiger partial charge in [-0.05, 0) is 48.1 Å². The molecule has 0 saturated carbocycles. The van der Waals surface area contributed by atoms with Gasteiger partial charge >= 0.3 is 6.03 Å². The van der Waals surface area contributed by atoms with Crippen LogP contribution < -0.4 is 5.73 Å². The smallest absolute Gasteiger partial charge is 0.338 e. The van der Waals surface area contributed by atoms with Crippen molar-refractivity contribution in [2.75, 3.05) is 6.54 Å². The molecule has 4 nitrogen and oxygen atoms in total. The first-order valence-corrected chi connectivity index (χ1v) is 6.28. The first-order chi connectivity index (χ1) is 9.06. The summed E-state index contributed by atoms with van der Waals surface area (Å²) in [5.74, 6) is 0. The molecular formula is C15H18N2O2. The van der Waals surface area contributed by atoms with Crippen molar-refractivity contribution in [3.05, 3.63) is 47.0 Å². The Bertz CT molecular complexity index is 573. The summed E-state index contributed by atoms with van der Waals surface area (Å²) in [5, 5.41) is 9.92. The van der Waals surface area contributed by atoms with Crippen LogP contribution in [0, 0.1) is 0 Å². The largest absolute Gasteiger partial charge is 0.350 e. The molecule has 0 spiro atoms. The molecular weight excluding hydrogens is 240 g/mol. The van der Waals surface area contributed by atoms with Crippen LogP contribution in [0.4, 0.5) is 4.79 Å². The number of rotatable bonds is 3. The van der Waals surface area contributed by atoms with E-state index in [2.05, 4.69) is 25.1 Å². The van der Waals surface area contributed by atoms with Crippen molar-refractivity contribution in [3.8, 4) is 0 Å². The summed E-state index contributed by atoms with van der Waals surface area (Å²) in [6, 6.07) is 7.38. The number of hydroxylamine groups is 2. The summed E-state index contributed by atoms with van der Waals surface area (Å²) >= 11 is 0. The molecule has 0 aliphatic heterocycles. The number of allylic oxidation sites excluding steroid dienone is 3. The van der Waals surface area contributed by atoms with Crippen LogP contribution in [0.5, 0.6) is 0 Å². The topological polar surface area (TPSA) is 66.6 Å². The molecule has 1 aromatic carbocycles. The summed E-state index contributed by atoms with van der Waals surface area (Å²) in [5.41, 5.74) is 11.0. The van der Waals surface area contributed by atoms with Gasteiger partial charge in [0, 0.05) is 0 Å². The van der Waals surface area contributed by atoms with Crippen LogP contribution in [0.2, 0.25) is 0 Å². The lowest BCUT2D eigenvalue weighted by molar-refractivity contribution is -0.0379. The van der Waals surface area contributed by atoms with Crippen molar-refractivity contribution < 1.29 is 10.0 Å². The molecule has 2 rings (SSSR count). The highest BCUT2D eigenvalue weighted by Gasteiger charge is 2.23. The van der Waals surface area contributed by atoms with Gasteiger partial charge in [0.1, 0.15) is 0 Å². The number of primary amides is 1. The van der Waals surface area contributed by atoms with Gasteiger partial charge in [-0.1, -0.05) is 30.3 Å². The normalized spacial score (nSPS) is 15.8. The molecule has 1 aromatic rings. The van der Waals surface area contributed by atoms with Crippen LogP contribution in [-0.2, 0) is 0 Å². The van der Waals surface area contributed by atoms with Crippen LogP contribution >= 0.6 is 0 Å². The molecule has 0 bridgehead atoms. The Kier molecular flexibility index (Phi) is 3.71. The zero-order valence-electron chi connectivity index (χ0n) is 11.2. The number of carbonyl (C=O) groups is 1. The quantitative estimate of drug-likeness (QED) is 0.646. The maximum atomic E-state index is 10.8. The third kappa shape index (κ3) is 2.39. The standard InChI is InChI=1S/C15H18N2O2/c1-3-11-13(8-9-17(19)15(16)18)10(2)12-6-4-5-7-14(11)12/h3-7,19H,8-9H2,1-2H3,(H2,16,18)/b11-3-. The van der Waals surface area contributed by atoms with Crippen LogP contribution in [0.3, 0.4) is 0 Å². The van der Waals surface area contributed by atoms with E-state index >= 15 is 0 Å². The predicted molar refractivity (Wildman–Crippen MR) is 75.4 cm³/mol. The minimum absolute atomic E-state index is 0.202. The first-order valence-electron chi connectivity index (χ1n) is 6.28. The highest BCUT2D eigenvalue weighted by molar-refractivity contribution is 5.99. The van der Waals surface area contributed by atoms with Gasteiger partial charge in [0.25, 0.3) is 0 Å². The average molecular weight is 258 g/mol. The van der Waals surface area contributed by atoms with Gasteiger partial charge in [-0.15, -0.1) is 0 Å². The van der Waals surface area contributed by atoms with E-state index in [1.807, 2.05) is 19.1 Å². The highest BCUT2D eigenvalue weighted by Crippen LogP contribution is 2.42. The van der Waals surface area contributed by atoms with Gasteiger partial charge in [-0.2, -0.15) is 0 Å². The second-order valence-corrected chi connectivity index (χ2v) is 4.56. The number of fused-ring (bicyclic) bond motifs is 1. The molecule has 1 aliphatic rings. The third-order valence-corrected chi connectivity index (χ3v) is 3.52. The van der Waals surface area contributed by atoms with E-state index < -0.39 is 6.03 Å². The van der Waals surface area contributed by atoms with Crippen LogP contribution in [-0.4, -0.2) is 22.8 Å². The van der Waals surface area contributed by atoms with Gasteiger partial charge < -0.3 is 5.73 Å². The molecule has 100 valence electrons. The number of nitrogens with two attached hydrogens (primary N) is 1. The number of urea groups is 1. The van der Waals surface area contributed by atoms with Crippen LogP contribution in [0.15, 0.2) is 35.9 Å². The minimum atomic E-state index is -0.823. The Morgan fingerprint density at radius 1 is 1.37 bits per heavy atom. The second-order valence-electron chi connectivity index (χ2n) is 4.56. The van der Waals surface area contributed by atoms with Gasteiger partial charge in [-0.25, -0.2) is 9.86 Å². The Hall–Kier alpha value is -2.07. The second kappa shape index (κ2) is 5.28. The Balaban J connectivity index is 2.27. The van der Waals surface area contributed by atoms with Crippen molar-refractivity contribution in [3.63, 3.8) is 0 Å². The summed E-state index contributed by atoms with van der Waals surface area (Å²) in [4.78, 5) is 10.8. The van der Waals surface area contributed by atoms with E-state index in [4.69, 9.17) is 5.73 Å². The van der Waals surface area contributed by atoms with E-state index in [0.717, 1.165) is 5.57 Å². The Morgan fingerprint density at radius 2 is 2.00 bits per heavy atom. The lowest BCUT2D eigenvalue weighted by Crippen LogP contribution is -2.33. The third-order valence-electron chi connectivity index (χ3n) is 3.52. The van der Waals surface area contributed by atoms with Gasteiger partial charge in [0.05, 0.1) is 6.54 Å². The number of benzene rings is 1. The SMILES string of the molecule is C/C=C1/C(CCN(O)C(N)=O)=C(C)c2ccccc21. The van der Waals surface area contributed by atoms with Crippen LogP contribution in [0.1, 0.15) is 31.4 Å². The van der Waals surface area contributed by atoms with Gasteiger partial charge in [0.15, 0.2) is 0 Å². The fraction of sp³-hybridized carbons (Fsp3) is 0.267. The highest BCUT2D eigenvalue weighted by atomic mass is 16.5. The molecule has 0 atom stereocenters. The number of hydrogen-bond acceptors (Lipinski definition) is 2. The molecule has 0 radical (unpaired) electrons. The number of carbonyl (C=O) groups excluding carboxylic acids is 1. The minimum Gasteiger partial charge on any atom is -0.350 e. The zero-order chi connectivity index (χ0) is 14.0. The van der Waals surface area contributed by atoms with E-state index in [0.29, 0.717) is 11.5 Å². The van der Waals surface area contributed by atoms with Crippen molar-refractivity contribution in [2.24, 2.45) is 5.73 Å². The summed E-state index contributed by atoms with van der Waals surface area (Å²) in [6.45, 7) is 4.26. The molecule has 0 unspecified atom stereocenters. The molecule has 0 heterocycles. The Labute approximate surface area is 112 Å². The van der Waals surface area contributed by atoms with E-state index in [9.17, 15) is 10.0 Å². The lowest BCUT2D eigenvalue weighted by atomic mass is 10.0. The molecule has 1 aliphatic carbocycles. The fourth-order valence-electron chi connectivity index (χ4n) is 2.55. The van der Waals surface area contributed by atoms with Crippen molar-refractivity contribution >= 4 is 17.2 Å². The first kappa shape index (κ1) is 13.4. The number of amides is 2. The molecule has 2 amide bonds. The summed E-state index contributed by atoms with van der Waals surface area (Å²) in [7, 11) is 0. The molecule has 19 heavy (non-hydrogen) atoms. The van der Waals surface area contributed by atoms with Gasteiger partial charge in [0.2, 0.25) is 0 Å². The fourth-order valence-corrected chi connectivity index (χ4v) is 2.55. The van der Waals surface area contributed by atoms with E-state index in [-0.39, 0.29) is 6.54 Å². The monoisotopic (exact) mass is 258 g/mol. The maximum Gasteiger partial charge on any atom is 0.338 e. The molecule has 0 fully saturated rings. The van der Waals surface area contributed by atoms with Crippen LogP contribution in [0.25, 0.3) is 11.1 Å². The van der Waals surface area contributed by atoms with E-state index in [1.54, 1.807) is 0 Å². The van der Waals surface area contributed by atoms with Crippen molar-refractivity contribution in [1.29, 1.82) is 0 Å². The predicted octanol–water partition coefficient (Wildman–Crippen LogP) is 3.04. The molecule has 4 heteroatoms. The van der Waals surface area contributed by atoms with E-state index in [1.165, 1.54) is 22.3 Å². The molecule has 3 N–H and O–H groups in total. The average Bonchev–Trinajstić information content (AvgIpc) is 2.68. The van der Waals surface area contributed by atoms with Crippen molar-refractivity contribution in [1.82, 2.24) is 5.06 Å². The Morgan fingerprint density at radius 3 is 2.58 bits per heavy atom. The van der Waals surface area contributed by atoms with Crippen molar-refractivity contribution in [2.45, 2.75) is 20.3 Å². The number of hydrogen-bond donors (Lipinski definition) is 2. The summed E-state index contributed by atoms with van der Waals surface area (Å²) < 4.78 is 0. The molecule has 0 saturated heterocycles. The van der Waals surface area contributed by atoms with Gasteiger partial charge in [-0.3, -0.25) is 5.21 Å². The zero-order valence-corrected chi connectivity index (χ0v) is 11.2.